The third-order valence-corrected chi connectivity index (χ3v) is 3.62. The van der Waals surface area contributed by atoms with E-state index in [9.17, 15) is 0 Å². The summed E-state index contributed by atoms with van der Waals surface area (Å²) in [4.78, 5) is 4.45. The van der Waals surface area contributed by atoms with Crippen LogP contribution in [0.15, 0.2) is 6.33 Å². The third kappa shape index (κ3) is 6.14. The molecule has 122 valence electrons. The molecular formula is C16H32N4O. The molecule has 1 aromatic rings. The molecule has 0 aliphatic heterocycles. The van der Waals surface area contributed by atoms with E-state index >= 15 is 0 Å². The second kappa shape index (κ2) is 9.90. The summed E-state index contributed by atoms with van der Waals surface area (Å²) in [5.74, 6) is 1.62. The van der Waals surface area contributed by atoms with Crippen LogP contribution in [0.2, 0.25) is 0 Å². The van der Waals surface area contributed by atoms with Gasteiger partial charge in [0.05, 0.1) is 6.10 Å². The van der Waals surface area contributed by atoms with Crippen molar-refractivity contribution < 1.29 is 4.74 Å². The van der Waals surface area contributed by atoms with Crippen LogP contribution >= 0.6 is 0 Å². The van der Waals surface area contributed by atoms with Crippen LogP contribution in [-0.2, 0) is 17.7 Å². The van der Waals surface area contributed by atoms with Crippen molar-refractivity contribution in [2.45, 2.75) is 72.1 Å². The molecule has 0 saturated heterocycles. The van der Waals surface area contributed by atoms with Crippen molar-refractivity contribution >= 4 is 0 Å². The fraction of sp³-hybridized carbons (Fsp3) is 0.875. The van der Waals surface area contributed by atoms with Crippen molar-refractivity contribution in [3.05, 3.63) is 12.2 Å². The zero-order valence-electron chi connectivity index (χ0n) is 14.3. The SMILES string of the molecule is CCCNC(Cc1ncnn1CC(C)C)C(CCC)OC. The van der Waals surface area contributed by atoms with Gasteiger partial charge in [-0.25, -0.2) is 9.67 Å². The fourth-order valence-corrected chi connectivity index (χ4v) is 2.57. The van der Waals surface area contributed by atoms with Crippen molar-refractivity contribution in [2.24, 2.45) is 5.92 Å². The van der Waals surface area contributed by atoms with Gasteiger partial charge in [0.2, 0.25) is 0 Å². The molecule has 1 heterocycles. The van der Waals surface area contributed by atoms with Gasteiger partial charge in [-0.3, -0.25) is 0 Å². The Balaban J connectivity index is 2.77. The molecule has 0 radical (unpaired) electrons. The van der Waals surface area contributed by atoms with Gasteiger partial charge in [0.1, 0.15) is 12.2 Å². The van der Waals surface area contributed by atoms with Gasteiger partial charge in [0.25, 0.3) is 0 Å². The number of nitrogens with one attached hydrogen (secondary N) is 1. The first-order chi connectivity index (χ1) is 10.1. The van der Waals surface area contributed by atoms with Gasteiger partial charge in [-0.05, 0) is 25.3 Å². The molecule has 0 aliphatic carbocycles. The third-order valence-electron chi connectivity index (χ3n) is 3.62. The molecule has 2 atom stereocenters. The summed E-state index contributed by atoms with van der Waals surface area (Å²) in [6.07, 6.45) is 6.07. The van der Waals surface area contributed by atoms with Gasteiger partial charge >= 0.3 is 0 Å². The average molecular weight is 296 g/mol. The highest BCUT2D eigenvalue weighted by Crippen LogP contribution is 2.12. The Labute approximate surface area is 129 Å². The van der Waals surface area contributed by atoms with E-state index < -0.39 is 0 Å². The minimum absolute atomic E-state index is 0.228. The lowest BCUT2D eigenvalue weighted by molar-refractivity contribution is 0.0599. The summed E-state index contributed by atoms with van der Waals surface area (Å²) in [6, 6.07) is 0.296. The van der Waals surface area contributed by atoms with E-state index in [2.05, 4.69) is 43.1 Å². The van der Waals surface area contributed by atoms with E-state index in [0.29, 0.717) is 12.0 Å². The highest BCUT2D eigenvalue weighted by molar-refractivity contribution is 4.93. The highest BCUT2D eigenvalue weighted by atomic mass is 16.5. The summed E-state index contributed by atoms with van der Waals surface area (Å²) in [5, 5.41) is 7.98. The van der Waals surface area contributed by atoms with Crippen molar-refractivity contribution in [3.63, 3.8) is 0 Å². The molecule has 1 N–H and O–H groups in total. The summed E-state index contributed by atoms with van der Waals surface area (Å²) < 4.78 is 7.73. The normalized spacial score (nSPS) is 14.6. The van der Waals surface area contributed by atoms with Crippen molar-refractivity contribution in [1.82, 2.24) is 20.1 Å². The molecule has 1 aromatic heterocycles. The van der Waals surface area contributed by atoms with Crippen molar-refractivity contribution in [1.29, 1.82) is 0 Å². The first-order valence-electron chi connectivity index (χ1n) is 8.25. The number of hydrogen-bond acceptors (Lipinski definition) is 4. The lowest BCUT2D eigenvalue weighted by Gasteiger charge is -2.27. The van der Waals surface area contributed by atoms with Crippen LogP contribution in [0.5, 0.6) is 0 Å². The monoisotopic (exact) mass is 296 g/mol. The lowest BCUT2D eigenvalue weighted by Crippen LogP contribution is -2.43. The Hall–Kier alpha value is -0.940. The summed E-state index contributed by atoms with van der Waals surface area (Å²) in [7, 11) is 1.81. The second-order valence-electron chi connectivity index (χ2n) is 6.08. The van der Waals surface area contributed by atoms with Gasteiger partial charge in [-0.15, -0.1) is 0 Å². The average Bonchev–Trinajstić information content (AvgIpc) is 2.87. The summed E-state index contributed by atoms with van der Waals surface area (Å²) >= 11 is 0. The van der Waals surface area contributed by atoms with Gasteiger partial charge in [-0.2, -0.15) is 5.10 Å². The minimum Gasteiger partial charge on any atom is -0.380 e. The molecule has 0 amide bonds. The fourth-order valence-electron chi connectivity index (χ4n) is 2.57. The van der Waals surface area contributed by atoms with Crippen LogP contribution in [0.1, 0.15) is 52.8 Å². The first-order valence-corrected chi connectivity index (χ1v) is 8.25. The van der Waals surface area contributed by atoms with Crippen LogP contribution < -0.4 is 5.32 Å². The molecular weight excluding hydrogens is 264 g/mol. The second-order valence-corrected chi connectivity index (χ2v) is 6.08. The number of nitrogens with zero attached hydrogens (tertiary/aromatic N) is 3. The Kier molecular flexibility index (Phi) is 8.54. The Morgan fingerprint density at radius 1 is 1.29 bits per heavy atom. The zero-order valence-corrected chi connectivity index (χ0v) is 14.3. The lowest BCUT2D eigenvalue weighted by atomic mass is 10.0. The van der Waals surface area contributed by atoms with E-state index in [1.165, 1.54) is 0 Å². The molecule has 21 heavy (non-hydrogen) atoms. The minimum atomic E-state index is 0.228. The molecule has 0 aliphatic rings. The maximum Gasteiger partial charge on any atom is 0.138 e. The first kappa shape index (κ1) is 18.1. The van der Waals surface area contributed by atoms with Crippen LogP contribution in [-0.4, -0.2) is 40.6 Å². The van der Waals surface area contributed by atoms with E-state index in [-0.39, 0.29) is 6.10 Å². The Bertz CT molecular complexity index is 378. The molecule has 1 rings (SSSR count). The van der Waals surface area contributed by atoms with Crippen LogP contribution in [0.4, 0.5) is 0 Å². The van der Waals surface area contributed by atoms with E-state index in [1.54, 1.807) is 13.4 Å². The largest absolute Gasteiger partial charge is 0.380 e. The van der Waals surface area contributed by atoms with Gasteiger partial charge in [-0.1, -0.05) is 34.1 Å². The number of methoxy groups -OCH3 is 1. The van der Waals surface area contributed by atoms with Gasteiger partial charge in [0, 0.05) is 26.1 Å². The van der Waals surface area contributed by atoms with E-state index in [1.807, 2.05) is 4.68 Å². The van der Waals surface area contributed by atoms with Crippen molar-refractivity contribution in [3.8, 4) is 0 Å². The number of aromatic nitrogens is 3. The molecule has 0 spiro atoms. The number of hydrogen-bond donors (Lipinski definition) is 1. The molecule has 0 bridgehead atoms. The quantitative estimate of drug-likeness (QED) is 0.682. The molecule has 2 unspecified atom stereocenters. The Morgan fingerprint density at radius 2 is 2.05 bits per heavy atom. The molecule has 5 heteroatoms. The van der Waals surface area contributed by atoms with Crippen LogP contribution in [0.3, 0.4) is 0 Å². The Morgan fingerprint density at radius 3 is 2.62 bits per heavy atom. The zero-order chi connectivity index (χ0) is 15.7. The standard InChI is InChI=1S/C16H32N4O/c1-6-8-15(21-5)14(17-9-7-2)10-16-18-12-19-20(16)11-13(3)4/h12-15,17H,6-11H2,1-5H3. The molecule has 0 aromatic carbocycles. The molecule has 0 fully saturated rings. The van der Waals surface area contributed by atoms with Gasteiger partial charge < -0.3 is 10.1 Å². The number of rotatable bonds is 11. The highest BCUT2D eigenvalue weighted by Gasteiger charge is 2.22. The topological polar surface area (TPSA) is 52.0 Å². The van der Waals surface area contributed by atoms with Crippen LogP contribution in [0.25, 0.3) is 0 Å². The summed E-state index contributed by atoms with van der Waals surface area (Å²) in [5.41, 5.74) is 0. The van der Waals surface area contributed by atoms with Crippen molar-refractivity contribution in [2.75, 3.05) is 13.7 Å². The predicted molar refractivity (Wildman–Crippen MR) is 86.4 cm³/mol. The van der Waals surface area contributed by atoms with E-state index in [0.717, 1.165) is 44.6 Å². The molecule has 5 nitrogen and oxygen atoms in total. The van der Waals surface area contributed by atoms with E-state index in [4.69, 9.17) is 4.74 Å². The van der Waals surface area contributed by atoms with Crippen LogP contribution in [0, 0.1) is 5.92 Å². The smallest absolute Gasteiger partial charge is 0.138 e. The predicted octanol–water partition coefficient (Wildman–Crippen LogP) is 2.66. The number of ether oxygens (including phenoxy) is 1. The van der Waals surface area contributed by atoms with Gasteiger partial charge in [0.15, 0.2) is 0 Å². The maximum atomic E-state index is 5.70. The summed E-state index contributed by atoms with van der Waals surface area (Å²) in [6.45, 7) is 10.7. The molecule has 0 saturated carbocycles. The maximum absolute atomic E-state index is 5.70.